The Morgan fingerprint density at radius 1 is 1.19 bits per heavy atom. The molecule has 1 rings (SSSR count). The van der Waals surface area contributed by atoms with Crippen molar-refractivity contribution in [1.29, 1.82) is 0 Å². The fourth-order valence-electron chi connectivity index (χ4n) is 1.65. The number of hydrogen-bond donors (Lipinski definition) is 1. The van der Waals surface area contributed by atoms with Gasteiger partial charge in [-0.05, 0) is 43.5 Å². The summed E-state index contributed by atoms with van der Waals surface area (Å²) in [5.74, 6) is 0.540. The number of nitrogens with one attached hydrogen (secondary N) is 1. The third-order valence-electron chi connectivity index (χ3n) is 3.29. The molecule has 2 heteroatoms. The van der Waals surface area contributed by atoms with Crippen molar-refractivity contribution in [2.45, 2.75) is 39.7 Å². The van der Waals surface area contributed by atoms with Gasteiger partial charge in [-0.25, -0.2) is 4.39 Å². The highest BCUT2D eigenvalue weighted by Crippen LogP contribution is 2.07. The Kier molecular flexibility index (Phi) is 5.47. The van der Waals surface area contributed by atoms with E-state index in [1.807, 2.05) is 12.1 Å². The molecule has 0 amide bonds. The lowest BCUT2D eigenvalue weighted by molar-refractivity contribution is 0.393. The van der Waals surface area contributed by atoms with E-state index >= 15 is 0 Å². The highest BCUT2D eigenvalue weighted by atomic mass is 19.1. The van der Waals surface area contributed by atoms with Gasteiger partial charge in [-0.15, -0.1) is 0 Å². The number of halogens is 1. The third kappa shape index (κ3) is 4.31. The second-order valence-corrected chi connectivity index (χ2v) is 4.50. The van der Waals surface area contributed by atoms with Crippen molar-refractivity contribution in [3.05, 3.63) is 35.6 Å². The van der Waals surface area contributed by atoms with E-state index in [2.05, 4.69) is 26.1 Å². The summed E-state index contributed by atoms with van der Waals surface area (Å²) in [6.45, 7) is 7.65. The summed E-state index contributed by atoms with van der Waals surface area (Å²) in [5, 5.41) is 3.50. The molecule has 0 aromatic heterocycles. The van der Waals surface area contributed by atoms with Crippen LogP contribution in [0.2, 0.25) is 0 Å². The molecule has 0 heterocycles. The maximum atomic E-state index is 12.7. The summed E-state index contributed by atoms with van der Waals surface area (Å²) in [6.07, 6.45) is 2.16. The molecule has 0 aliphatic heterocycles. The topological polar surface area (TPSA) is 12.0 Å². The van der Waals surface area contributed by atoms with E-state index in [4.69, 9.17) is 0 Å². The second kappa shape index (κ2) is 6.64. The van der Waals surface area contributed by atoms with Crippen LogP contribution in [0.1, 0.15) is 32.8 Å². The van der Waals surface area contributed by atoms with E-state index in [1.165, 1.54) is 24.1 Å². The normalized spacial score (nSPS) is 14.8. The predicted octanol–water partition coefficient (Wildman–Crippen LogP) is 3.39. The van der Waals surface area contributed by atoms with Gasteiger partial charge in [0.1, 0.15) is 5.82 Å². The molecule has 0 fully saturated rings. The maximum Gasteiger partial charge on any atom is 0.123 e. The van der Waals surface area contributed by atoms with Gasteiger partial charge in [-0.3, -0.25) is 0 Å². The molecule has 0 aliphatic rings. The van der Waals surface area contributed by atoms with Crippen LogP contribution in [-0.2, 0) is 6.42 Å². The van der Waals surface area contributed by atoms with Gasteiger partial charge in [0.25, 0.3) is 0 Å². The van der Waals surface area contributed by atoms with Crippen LogP contribution < -0.4 is 5.32 Å². The molecule has 16 heavy (non-hydrogen) atoms. The van der Waals surface area contributed by atoms with Gasteiger partial charge < -0.3 is 5.32 Å². The van der Waals surface area contributed by atoms with E-state index in [0.717, 1.165) is 13.0 Å². The van der Waals surface area contributed by atoms with E-state index in [1.54, 1.807) is 0 Å². The molecule has 0 bridgehead atoms. The van der Waals surface area contributed by atoms with Crippen LogP contribution in [0.5, 0.6) is 0 Å². The molecule has 2 unspecified atom stereocenters. The molecule has 1 aromatic rings. The minimum Gasteiger partial charge on any atom is -0.314 e. The first kappa shape index (κ1) is 13.2. The molecular formula is C14H22FN. The molecule has 1 N–H and O–H groups in total. The van der Waals surface area contributed by atoms with Gasteiger partial charge in [-0.2, -0.15) is 0 Å². The zero-order valence-corrected chi connectivity index (χ0v) is 10.5. The van der Waals surface area contributed by atoms with Crippen LogP contribution in [0.25, 0.3) is 0 Å². The molecule has 2 atom stereocenters. The Labute approximate surface area is 98.1 Å². The fourth-order valence-corrected chi connectivity index (χ4v) is 1.65. The first-order valence-electron chi connectivity index (χ1n) is 6.11. The van der Waals surface area contributed by atoms with E-state index in [9.17, 15) is 4.39 Å². The lowest BCUT2D eigenvalue weighted by atomic mass is 10.0. The monoisotopic (exact) mass is 223 g/mol. The summed E-state index contributed by atoms with van der Waals surface area (Å²) in [6, 6.07) is 7.29. The van der Waals surface area contributed by atoms with Crippen LogP contribution in [0.4, 0.5) is 4.39 Å². The van der Waals surface area contributed by atoms with Crippen LogP contribution in [0, 0.1) is 11.7 Å². The molecule has 1 aromatic carbocycles. The minimum atomic E-state index is -0.162. The first-order valence-corrected chi connectivity index (χ1v) is 6.11. The molecule has 1 nitrogen and oxygen atoms in total. The highest BCUT2D eigenvalue weighted by Gasteiger charge is 2.08. The molecule has 90 valence electrons. The van der Waals surface area contributed by atoms with Gasteiger partial charge >= 0.3 is 0 Å². The summed E-state index contributed by atoms with van der Waals surface area (Å²) in [4.78, 5) is 0. The van der Waals surface area contributed by atoms with Crippen molar-refractivity contribution in [2.75, 3.05) is 6.54 Å². The quantitative estimate of drug-likeness (QED) is 0.779. The van der Waals surface area contributed by atoms with Crippen LogP contribution in [0.3, 0.4) is 0 Å². The Bertz CT molecular complexity index is 294. The van der Waals surface area contributed by atoms with Crippen molar-refractivity contribution in [1.82, 2.24) is 5.32 Å². The molecular weight excluding hydrogens is 201 g/mol. The van der Waals surface area contributed by atoms with Crippen LogP contribution in [-0.4, -0.2) is 12.6 Å². The summed E-state index contributed by atoms with van der Waals surface area (Å²) in [5.41, 5.74) is 1.19. The number of hydrogen-bond acceptors (Lipinski definition) is 1. The zero-order chi connectivity index (χ0) is 12.0. The van der Waals surface area contributed by atoms with Gasteiger partial charge in [0.15, 0.2) is 0 Å². The average Bonchev–Trinajstić information content (AvgIpc) is 2.30. The zero-order valence-electron chi connectivity index (χ0n) is 10.5. The van der Waals surface area contributed by atoms with Crippen LogP contribution in [0.15, 0.2) is 24.3 Å². The lowest BCUT2D eigenvalue weighted by Crippen LogP contribution is -2.33. The summed E-state index contributed by atoms with van der Waals surface area (Å²) >= 11 is 0. The minimum absolute atomic E-state index is 0.162. The standard InChI is InChI=1S/C14H22FN/c1-4-11(2)12(3)16-10-9-13-5-7-14(15)8-6-13/h5-8,11-12,16H,4,9-10H2,1-3H3. The lowest BCUT2D eigenvalue weighted by Gasteiger charge is -2.19. The van der Waals surface area contributed by atoms with Crippen molar-refractivity contribution >= 4 is 0 Å². The highest BCUT2D eigenvalue weighted by molar-refractivity contribution is 5.16. The van der Waals surface area contributed by atoms with Gasteiger partial charge in [-0.1, -0.05) is 32.4 Å². The van der Waals surface area contributed by atoms with Gasteiger partial charge in [0, 0.05) is 6.04 Å². The first-order chi connectivity index (χ1) is 7.63. The van der Waals surface area contributed by atoms with Crippen molar-refractivity contribution < 1.29 is 4.39 Å². The molecule has 0 radical (unpaired) electrons. The Morgan fingerprint density at radius 3 is 2.38 bits per heavy atom. The fraction of sp³-hybridized carbons (Fsp3) is 0.571. The maximum absolute atomic E-state index is 12.7. The Balaban J connectivity index is 2.27. The van der Waals surface area contributed by atoms with Crippen molar-refractivity contribution in [3.63, 3.8) is 0 Å². The number of benzene rings is 1. The number of rotatable bonds is 6. The molecule has 0 saturated carbocycles. The molecule has 0 spiro atoms. The predicted molar refractivity (Wildman–Crippen MR) is 67.0 cm³/mol. The largest absolute Gasteiger partial charge is 0.314 e. The van der Waals surface area contributed by atoms with Gasteiger partial charge in [0.05, 0.1) is 0 Å². The second-order valence-electron chi connectivity index (χ2n) is 4.50. The SMILES string of the molecule is CCC(C)C(C)NCCc1ccc(F)cc1. The van der Waals surface area contributed by atoms with E-state index in [0.29, 0.717) is 12.0 Å². The molecule has 0 aliphatic carbocycles. The third-order valence-corrected chi connectivity index (χ3v) is 3.29. The van der Waals surface area contributed by atoms with Gasteiger partial charge in [0.2, 0.25) is 0 Å². The Morgan fingerprint density at radius 2 is 1.81 bits per heavy atom. The van der Waals surface area contributed by atoms with Crippen LogP contribution >= 0.6 is 0 Å². The van der Waals surface area contributed by atoms with Crippen molar-refractivity contribution in [2.24, 2.45) is 5.92 Å². The summed E-state index contributed by atoms with van der Waals surface area (Å²) in [7, 11) is 0. The molecule has 0 saturated heterocycles. The van der Waals surface area contributed by atoms with Crippen molar-refractivity contribution in [3.8, 4) is 0 Å². The van der Waals surface area contributed by atoms with E-state index in [-0.39, 0.29) is 5.82 Å². The average molecular weight is 223 g/mol. The van der Waals surface area contributed by atoms with E-state index < -0.39 is 0 Å². The Hall–Kier alpha value is -0.890. The summed E-state index contributed by atoms with van der Waals surface area (Å²) < 4.78 is 12.7. The smallest absolute Gasteiger partial charge is 0.123 e.